The maximum atomic E-state index is 12.7. The van der Waals surface area contributed by atoms with Crippen molar-refractivity contribution >= 4 is 5.91 Å². The van der Waals surface area contributed by atoms with Crippen molar-refractivity contribution in [3.05, 3.63) is 47.8 Å². The predicted octanol–water partition coefficient (Wildman–Crippen LogP) is 2.32. The number of hydrogen-bond acceptors (Lipinski definition) is 5. The van der Waals surface area contributed by atoms with Gasteiger partial charge in [0.2, 0.25) is 5.91 Å². The lowest BCUT2D eigenvalue weighted by atomic mass is 9.96. The van der Waals surface area contributed by atoms with Gasteiger partial charge < -0.3 is 19.5 Å². The second-order valence-electron chi connectivity index (χ2n) is 6.51. The summed E-state index contributed by atoms with van der Waals surface area (Å²) in [5.74, 6) is 0.610. The van der Waals surface area contributed by atoms with E-state index in [-0.39, 0.29) is 17.9 Å². The van der Waals surface area contributed by atoms with E-state index in [2.05, 4.69) is 10.4 Å². The molecule has 0 spiro atoms. The number of nitrogens with one attached hydrogen (secondary N) is 1. The molecule has 0 unspecified atom stereocenters. The molecular formula is C20H27N3O4. The number of nitrogens with zero attached hydrogens (tertiary/aromatic N) is 2. The van der Waals surface area contributed by atoms with Crippen LogP contribution in [0, 0.1) is 5.92 Å². The van der Waals surface area contributed by atoms with Crippen LogP contribution in [-0.4, -0.2) is 42.6 Å². The van der Waals surface area contributed by atoms with Crippen LogP contribution < -0.4 is 10.1 Å². The first kappa shape index (κ1) is 19.4. The smallest absolute Gasteiger partial charge is 0.226 e. The van der Waals surface area contributed by atoms with Gasteiger partial charge in [0.15, 0.2) is 0 Å². The summed E-state index contributed by atoms with van der Waals surface area (Å²) in [7, 11) is 1.66. The van der Waals surface area contributed by atoms with E-state index in [4.69, 9.17) is 14.2 Å². The summed E-state index contributed by atoms with van der Waals surface area (Å²) < 4.78 is 18.2. The molecule has 1 aliphatic heterocycles. The molecule has 7 nitrogen and oxygen atoms in total. The Morgan fingerprint density at radius 3 is 3.15 bits per heavy atom. The number of benzene rings is 1. The van der Waals surface area contributed by atoms with E-state index in [1.165, 1.54) is 0 Å². The summed E-state index contributed by atoms with van der Waals surface area (Å²) >= 11 is 0. The molecule has 0 bridgehead atoms. The Balaban J connectivity index is 1.58. The lowest BCUT2D eigenvalue weighted by Gasteiger charge is -2.17. The second kappa shape index (κ2) is 9.53. The molecule has 3 rings (SSSR count). The number of carbonyl (C=O) groups excluding carboxylic acids is 1. The minimum absolute atomic E-state index is 0.00366. The van der Waals surface area contributed by atoms with Crippen molar-refractivity contribution < 1.29 is 19.0 Å². The van der Waals surface area contributed by atoms with Gasteiger partial charge >= 0.3 is 0 Å². The highest BCUT2D eigenvalue weighted by atomic mass is 16.5. The van der Waals surface area contributed by atoms with Gasteiger partial charge in [-0.1, -0.05) is 12.1 Å². The second-order valence-corrected chi connectivity index (χ2v) is 6.51. The minimum Gasteiger partial charge on any atom is -0.494 e. The summed E-state index contributed by atoms with van der Waals surface area (Å²) in [5.41, 5.74) is 1.94. The van der Waals surface area contributed by atoms with Gasteiger partial charge in [-0.15, -0.1) is 0 Å². The Kier molecular flexibility index (Phi) is 6.84. The Bertz CT molecular complexity index is 746. The summed E-state index contributed by atoms with van der Waals surface area (Å²) in [6, 6.07) is 7.77. The SMILES string of the molecule is CCOc1cccc(CNC(=O)[C@H]2CCO[C@@H]2c2cnn(CCOC)c2)c1. The first-order valence-corrected chi connectivity index (χ1v) is 9.33. The number of amides is 1. The molecule has 0 aliphatic carbocycles. The van der Waals surface area contributed by atoms with E-state index in [1.54, 1.807) is 13.3 Å². The zero-order valence-electron chi connectivity index (χ0n) is 15.9. The Hall–Kier alpha value is -2.38. The topological polar surface area (TPSA) is 74.6 Å². The van der Waals surface area contributed by atoms with Crippen LogP contribution in [0.3, 0.4) is 0 Å². The van der Waals surface area contributed by atoms with Crippen LogP contribution in [-0.2, 0) is 27.4 Å². The third-order valence-corrected chi connectivity index (χ3v) is 4.61. The maximum absolute atomic E-state index is 12.7. The van der Waals surface area contributed by atoms with Crippen LogP contribution in [0.5, 0.6) is 5.75 Å². The number of aromatic nitrogens is 2. The number of rotatable bonds is 9. The highest BCUT2D eigenvalue weighted by molar-refractivity contribution is 5.79. The molecule has 1 N–H and O–H groups in total. The molecule has 1 amide bonds. The molecule has 1 aromatic carbocycles. The van der Waals surface area contributed by atoms with Crippen molar-refractivity contribution in [2.24, 2.45) is 5.92 Å². The third-order valence-electron chi connectivity index (χ3n) is 4.61. The van der Waals surface area contributed by atoms with Crippen molar-refractivity contribution in [3.8, 4) is 5.75 Å². The lowest BCUT2D eigenvalue weighted by molar-refractivity contribution is -0.126. The van der Waals surface area contributed by atoms with Gasteiger partial charge in [0, 0.05) is 32.0 Å². The van der Waals surface area contributed by atoms with Gasteiger partial charge in [0.05, 0.1) is 38.0 Å². The highest BCUT2D eigenvalue weighted by Gasteiger charge is 2.35. The molecule has 7 heteroatoms. The van der Waals surface area contributed by atoms with Crippen LogP contribution in [0.15, 0.2) is 36.7 Å². The molecule has 2 aromatic rings. The molecule has 1 aliphatic rings. The van der Waals surface area contributed by atoms with Gasteiger partial charge in [-0.05, 0) is 31.0 Å². The maximum Gasteiger partial charge on any atom is 0.226 e. The Labute approximate surface area is 159 Å². The Morgan fingerprint density at radius 1 is 1.44 bits per heavy atom. The third kappa shape index (κ3) is 5.08. The van der Waals surface area contributed by atoms with Crippen molar-refractivity contribution in [2.75, 3.05) is 26.9 Å². The molecule has 1 aromatic heterocycles. The van der Waals surface area contributed by atoms with Crippen LogP contribution in [0.4, 0.5) is 0 Å². The lowest BCUT2D eigenvalue weighted by Crippen LogP contribution is -2.31. The first-order chi connectivity index (χ1) is 13.2. The summed E-state index contributed by atoms with van der Waals surface area (Å²) in [6.45, 7) is 4.89. The average Bonchev–Trinajstić information content (AvgIpc) is 3.34. The monoisotopic (exact) mass is 373 g/mol. The van der Waals surface area contributed by atoms with Gasteiger partial charge in [0.25, 0.3) is 0 Å². The average molecular weight is 373 g/mol. The summed E-state index contributed by atoms with van der Waals surface area (Å²) in [5, 5.41) is 7.35. The van der Waals surface area contributed by atoms with Crippen molar-refractivity contribution in [1.82, 2.24) is 15.1 Å². The predicted molar refractivity (Wildman–Crippen MR) is 100 cm³/mol. The summed E-state index contributed by atoms with van der Waals surface area (Å²) in [6.07, 6.45) is 4.16. The highest BCUT2D eigenvalue weighted by Crippen LogP contribution is 2.34. The normalized spacial score (nSPS) is 19.2. The minimum atomic E-state index is -0.254. The number of carbonyl (C=O) groups is 1. The van der Waals surface area contributed by atoms with E-state index in [1.807, 2.05) is 42.1 Å². The summed E-state index contributed by atoms with van der Waals surface area (Å²) in [4.78, 5) is 12.7. The van der Waals surface area contributed by atoms with E-state index in [9.17, 15) is 4.79 Å². The quantitative estimate of drug-likeness (QED) is 0.730. The molecule has 2 heterocycles. The zero-order chi connectivity index (χ0) is 19.1. The first-order valence-electron chi connectivity index (χ1n) is 9.33. The molecule has 0 radical (unpaired) electrons. The molecule has 1 saturated heterocycles. The van der Waals surface area contributed by atoms with Crippen molar-refractivity contribution in [3.63, 3.8) is 0 Å². The molecule has 0 saturated carbocycles. The van der Waals surface area contributed by atoms with Crippen LogP contribution in [0.1, 0.15) is 30.6 Å². The van der Waals surface area contributed by atoms with E-state index >= 15 is 0 Å². The van der Waals surface area contributed by atoms with Crippen molar-refractivity contribution in [2.45, 2.75) is 32.5 Å². The number of methoxy groups -OCH3 is 1. The van der Waals surface area contributed by atoms with Gasteiger partial charge in [0.1, 0.15) is 5.75 Å². The van der Waals surface area contributed by atoms with E-state index in [0.29, 0.717) is 39.3 Å². The zero-order valence-corrected chi connectivity index (χ0v) is 15.9. The molecule has 1 fully saturated rings. The molecule has 27 heavy (non-hydrogen) atoms. The molecule has 146 valence electrons. The molecular weight excluding hydrogens is 346 g/mol. The number of hydrogen-bond donors (Lipinski definition) is 1. The van der Waals surface area contributed by atoms with Crippen LogP contribution in [0.2, 0.25) is 0 Å². The fourth-order valence-corrected chi connectivity index (χ4v) is 3.25. The largest absolute Gasteiger partial charge is 0.494 e. The Morgan fingerprint density at radius 2 is 2.33 bits per heavy atom. The fraction of sp³-hybridized carbons (Fsp3) is 0.500. The number of ether oxygens (including phenoxy) is 3. The molecule has 2 atom stereocenters. The van der Waals surface area contributed by atoms with Gasteiger partial charge in [-0.2, -0.15) is 5.10 Å². The van der Waals surface area contributed by atoms with Crippen LogP contribution in [0.25, 0.3) is 0 Å². The van der Waals surface area contributed by atoms with Crippen molar-refractivity contribution in [1.29, 1.82) is 0 Å². The van der Waals surface area contributed by atoms with Gasteiger partial charge in [-0.25, -0.2) is 0 Å². The van der Waals surface area contributed by atoms with E-state index in [0.717, 1.165) is 16.9 Å². The fourth-order valence-electron chi connectivity index (χ4n) is 3.25. The van der Waals surface area contributed by atoms with E-state index < -0.39 is 0 Å². The van der Waals surface area contributed by atoms with Gasteiger partial charge in [-0.3, -0.25) is 9.48 Å². The van der Waals surface area contributed by atoms with Crippen LogP contribution >= 0.6 is 0 Å². The standard InChI is InChI=1S/C20H27N3O4/c1-3-26-17-6-4-5-15(11-17)12-21-20(24)18-7-9-27-19(18)16-13-22-23(14-16)8-10-25-2/h4-6,11,13-14,18-19H,3,7-10,12H2,1-2H3,(H,21,24)/t18-,19+/m0/s1.